The number of pyridine rings is 1. The van der Waals surface area contributed by atoms with E-state index >= 15 is 0 Å². The van der Waals surface area contributed by atoms with Gasteiger partial charge in [0.2, 0.25) is 0 Å². The molecule has 4 rings (SSSR count). The third-order valence-electron chi connectivity index (χ3n) is 4.96. The molecule has 1 heterocycles. The number of nitrogens with one attached hydrogen (secondary N) is 2. The van der Waals surface area contributed by atoms with Crippen molar-refractivity contribution in [3.63, 3.8) is 0 Å². The first kappa shape index (κ1) is 23.9. The Morgan fingerprint density at radius 3 is 2.34 bits per heavy atom. The minimum Gasteiger partial charge on any atom is -0.456 e. The number of hydrogen-bond acceptors (Lipinski definition) is 4. The van der Waals surface area contributed by atoms with Gasteiger partial charge in [-0.15, -0.1) is 0 Å². The molecule has 0 atom stereocenters. The number of benzene rings is 3. The second kappa shape index (κ2) is 11.8. The number of para-hydroxylation sites is 1. The molecule has 35 heavy (non-hydrogen) atoms. The molecule has 0 unspecified atom stereocenters. The van der Waals surface area contributed by atoms with Gasteiger partial charge < -0.3 is 15.4 Å². The molecule has 0 bridgehead atoms. The van der Waals surface area contributed by atoms with Gasteiger partial charge in [0, 0.05) is 24.5 Å². The minimum absolute atomic E-state index is 0.127. The molecule has 0 aliphatic heterocycles. The molecule has 2 N–H and O–H groups in total. The van der Waals surface area contributed by atoms with Gasteiger partial charge >= 0.3 is 0 Å². The number of amides is 2. The van der Waals surface area contributed by atoms with E-state index in [1.807, 2.05) is 48.5 Å². The van der Waals surface area contributed by atoms with Gasteiger partial charge in [0.05, 0.1) is 4.47 Å². The maximum Gasteiger partial charge on any atom is 0.268 e. The van der Waals surface area contributed by atoms with Crippen LogP contribution in [0.5, 0.6) is 11.5 Å². The molecule has 0 saturated heterocycles. The van der Waals surface area contributed by atoms with Gasteiger partial charge in [-0.25, -0.2) is 0 Å². The fourth-order valence-corrected chi connectivity index (χ4v) is 3.54. The molecule has 7 heteroatoms. The highest BCUT2D eigenvalue weighted by Crippen LogP contribution is 2.29. The van der Waals surface area contributed by atoms with Crippen LogP contribution in [0, 0.1) is 0 Å². The van der Waals surface area contributed by atoms with Gasteiger partial charge in [-0.2, -0.15) is 0 Å². The zero-order valence-electron chi connectivity index (χ0n) is 18.6. The number of rotatable bonds is 8. The summed E-state index contributed by atoms with van der Waals surface area (Å²) in [5.74, 6) is 0.556. The van der Waals surface area contributed by atoms with Gasteiger partial charge in [0.15, 0.2) is 0 Å². The molecule has 3 aromatic carbocycles. The Kier molecular flexibility index (Phi) is 8.04. The van der Waals surface area contributed by atoms with Crippen LogP contribution in [0.1, 0.15) is 21.5 Å². The Labute approximate surface area is 211 Å². The van der Waals surface area contributed by atoms with Crippen molar-refractivity contribution in [3.05, 3.63) is 130 Å². The van der Waals surface area contributed by atoms with E-state index in [1.54, 1.807) is 60.9 Å². The fourth-order valence-electron chi connectivity index (χ4n) is 3.18. The highest BCUT2D eigenvalue weighted by atomic mass is 79.9. The Balaban J connectivity index is 1.53. The third kappa shape index (κ3) is 6.88. The summed E-state index contributed by atoms with van der Waals surface area (Å²) >= 11 is 3.47. The van der Waals surface area contributed by atoms with Crippen LogP contribution in [0.4, 0.5) is 0 Å². The smallest absolute Gasteiger partial charge is 0.268 e. The maximum atomic E-state index is 13.0. The van der Waals surface area contributed by atoms with Gasteiger partial charge in [0.25, 0.3) is 11.8 Å². The predicted molar refractivity (Wildman–Crippen MR) is 139 cm³/mol. The average Bonchev–Trinajstić information content (AvgIpc) is 2.90. The quantitative estimate of drug-likeness (QED) is 0.287. The lowest BCUT2D eigenvalue weighted by atomic mass is 10.1. The number of carbonyl (C=O) groups is 2. The second-order valence-corrected chi connectivity index (χ2v) is 8.38. The fraction of sp³-hybridized carbons (Fsp3) is 0.0357. The van der Waals surface area contributed by atoms with E-state index in [9.17, 15) is 9.59 Å². The number of aromatic nitrogens is 1. The summed E-state index contributed by atoms with van der Waals surface area (Å²) in [6, 6.07) is 27.2. The Morgan fingerprint density at radius 1 is 0.886 bits per heavy atom. The molecule has 0 aliphatic carbocycles. The van der Waals surface area contributed by atoms with Crippen LogP contribution in [0.25, 0.3) is 6.08 Å². The maximum absolute atomic E-state index is 13.0. The van der Waals surface area contributed by atoms with Crippen LogP contribution >= 0.6 is 15.9 Å². The normalized spacial score (nSPS) is 10.9. The summed E-state index contributed by atoms with van der Waals surface area (Å²) in [5, 5.41) is 5.57. The largest absolute Gasteiger partial charge is 0.456 e. The molecule has 4 aromatic rings. The van der Waals surface area contributed by atoms with E-state index < -0.39 is 5.91 Å². The van der Waals surface area contributed by atoms with Gasteiger partial charge in [-0.3, -0.25) is 14.6 Å². The molecule has 2 amide bonds. The summed E-state index contributed by atoms with van der Waals surface area (Å²) in [5.41, 5.74) is 2.16. The van der Waals surface area contributed by atoms with Crippen molar-refractivity contribution in [2.75, 3.05) is 0 Å². The number of carbonyl (C=O) groups excluding carboxylic acids is 2. The highest BCUT2D eigenvalue weighted by Gasteiger charge is 2.15. The zero-order chi connectivity index (χ0) is 24.5. The van der Waals surface area contributed by atoms with Crippen molar-refractivity contribution in [1.82, 2.24) is 15.6 Å². The Bertz CT molecular complexity index is 1320. The molecular weight excluding hydrogens is 506 g/mol. The molecule has 0 saturated carbocycles. The van der Waals surface area contributed by atoms with E-state index in [1.165, 1.54) is 0 Å². The summed E-state index contributed by atoms with van der Waals surface area (Å²) in [6.45, 7) is 0.282. The lowest BCUT2D eigenvalue weighted by molar-refractivity contribution is -0.117. The molecule has 6 nitrogen and oxygen atoms in total. The summed E-state index contributed by atoms with van der Waals surface area (Å²) in [4.78, 5) is 29.8. The predicted octanol–water partition coefficient (Wildman–Crippen LogP) is 5.72. The standard InChI is InChI=1S/C28H22BrN3O3/c29-24-10-4-5-11-26(24)35-23-14-12-20(13-15-23)17-25(32-27(33)22-8-2-1-3-9-22)28(34)31-19-21-7-6-16-30-18-21/h1-18H,19H2,(H,31,34)(H,32,33)/b25-17+. The van der Waals surface area contributed by atoms with Crippen molar-refractivity contribution in [2.24, 2.45) is 0 Å². The summed E-state index contributed by atoms with van der Waals surface area (Å²) < 4.78 is 6.75. The van der Waals surface area contributed by atoms with Crippen molar-refractivity contribution in [1.29, 1.82) is 0 Å². The lowest BCUT2D eigenvalue weighted by Crippen LogP contribution is -2.34. The monoisotopic (exact) mass is 527 g/mol. The number of halogens is 1. The molecule has 0 spiro atoms. The molecule has 0 aliphatic rings. The van der Waals surface area contributed by atoms with Crippen LogP contribution in [0.3, 0.4) is 0 Å². The second-order valence-electron chi connectivity index (χ2n) is 7.52. The van der Waals surface area contributed by atoms with Gasteiger partial charge in [0.1, 0.15) is 17.2 Å². The van der Waals surface area contributed by atoms with Crippen LogP contribution in [-0.4, -0.2) is 16.8 Å². The molecular formula is C28H22BrN3O3. The Morgan fingerprint density at radius 2 is 1.63 bits per heavy atom. The van der Waals surface area contributed by atoms with Crippen LogP contribution in [0.2, 0.25) is 0 Å². The molecule has 174 valence electrons. The van der Waals surface area contributed by atoms with Gasteiger partial charge in [-0.05, 0) is 75.6 Å². The molecule has 1 aromatic heterocycles. The molecule has 0 fully saturated rings. The van der Waals surface area contributed by atoms with Crippen LogP contribution in [-0.2, 0) is 11.3 Å². The highest BCUT2D eigenvalue weighted by molar-refractivity contribution is 9.10. The SMILES string of the molecule is O=C(NCc1cccnc1)/C(=C\c1ccc(Oc2ccccc2Br)cc1)NC(=O)c1ccccc1. The first-order valence-corrected chi connectivity index (χ1v) is 11.7. The summed E-state index contributed by atoms with van der Waals surface area (Å²) in [6.07, 6.45) is 4.97. The molecule has 0 radical (unpaired) electrons. The van der Waals surface area contributed by atoms with Crippen molar-refractivity contribution in [2.45, 2.75) is 6.54 Å². The minimum atomic E-state index is -0.410. The first-order chi connectivity index (χ1) is 17.1. The third-order valence-corrected chi connectivity index (χ3v) is 5.62. The van der Waals surface area contributed by atoms with E-state index in [4.69, 9.17) is 4.74 Å². The van der Waals surface area contributed by atoms with E-state index in [0.717, 1.165) is 15.6 Å². The van der Waals surface area contributed by atoms with Crippen molar-refractivity contribution in [3.8, 4) is 11.5 Å². The average molecular weight is 528 g/mol. The van der Waals surface area contributed by atoms with E-state index in [2.05, 4.69) is 31.5 Å². The van der Waals surface area contributed by atoms with E-state index in [0.29, 0.717) is 17.1 Å². The van der Waals surface area contributed by atoms with Crippen LogP contribution < -0.4 is 15.4 Å². The van der Waals surface area contributed by atoms with Gasteiger partial charge in [-0.1, -0.05) is 48.5 Å². The number of hydrogen-bond donors (Lipinski definition) is 2. The zero-order valence-corrected chi connectivity index (χ0v) is 20.2. The van der Waals surface area contributed by atoms with Crippen molar-refractivity contribution >= 4 is 33.8 Å². The van der Waals surface area contributed by atoms with Crippen molar-refractivity contribution < 1.29 is 14.3 Å². The first-order valence-electron chi connectivity index (χ1n) is 10.9. The number of nitrogens with zero attached hydrogens (tertiary/aromatic N) is 1. The summed E-state index contributed by atoms with van der Waals surface area (Å²) in [7, 11) is 0. The van der Waals surface area contributed by atoms with Crippen LogP contribution in [0.15, 0.2) is 114 Å². The number of ether oxygens (including phenoxy) is 1. The van der Waals surface area contributed by atoms with E-state index in [-0.39, 0.29) is 18.1 Å². The topological polar surface area (TPSA) is 80.3 Å². The lowest BCUT2D eigenvalue weighted by Gasteiger charge is -2.12. The Hall–Kier alpha value is -4.23.